The molecule has 0 aromatic carbocycles. The Balaban J connectivity index is 2.47. The fourth-order valence-electron chi connectivity index (χ4n) is 1.97. The zero-order valence-corrected chi connectivity index (χ0v) is 11.4. The number of rotatable bonds is 0. The SMILES string of the molecule is Cc1sc(C)c2c3c(sc12)C(=O)N(C)S3=O. The maximum Gasteiger partial charge on any atom is 0.276 e. The third kappa shape index (κ3) is 1.07. The molecule has 1 aliphatic rings. The molecule has 0 N–H and O–H groups in total. The van der Waals surface area contributed by atoms with Crippen LogP contribution in [0.1, 0.15) is 19.4 Å². The third-order valence-corrected chi connectivity index (χ3v) is 6.74. The molecule has 2 aromatic rings. The highest BCUT2D eigenvalue weighted by Crippen LogP contribution is 2.45. The van der Waals surface area contributed by atoms with Gasteiger partial charge in [-0.05, 0) is 13.8 Å². The highest BCUT2D eigenvalue weighted by atomic mass is 32.2. The van der Waals surface area contributed by atoms with Crippen molar-refractivity contribution in [3.05, 3.63) is 14.6 Å². The number of hydrogen-bond donors (Lipinski definition) is 0. The van der Waals surface area contributed by atoms with Crippen LogP contribution in [0.15, 0.2) is 4.90 Å². The standard InChI is InChI=1S/C10H9NO2S3/c1-4-6-7(5(2)14-4)15-8-9(6)16(13)11(3)10(8)12/h1-3H3. The minimum absolute atomic E-state index is 0.113. The van der Waals surface area contributed by atoms with Gasteiger partial charge in [0, 0.05) is 22.2 Å². The van der Waals surface area contributed by atoms with E-state index in [0.717, 1.165) is 19.9 Å². The van der Waals surface area contributed by atoms with E-state index in [1.165, 1.54) is 20.5 Å². The van der Waals surface area contributed by atoms with Crippen LogP contribution in [0.2, 0.25) is 0 Å². The molecule has 84 valence electrons. The van der Waals surface area contributed by atoms with E-state index < -0.39 is 11.0 Å². The van der Waals surface area contributed by atoms with Gasteiger partial charge in [0.25, 0.3) is 5.91 Å². The van der Waals surface area contributed by atoms with Crippen LogP contribution in [-0.4, -0.2) is 21.5 Å². The van der Waals surface area contributed by atoms with Gasteiger partial charge in [0.1, 0.15) is 4.88 Å². The number of thiophene rings is 2. The van der Waals surface area contributed by atoms with Gasteiger partial charge in [0.15, 0.2) is 11.0 Å². The summed E-state index contributed by atoms with van der Waals surface area (Å²) in [6, 6.07) is 0. The molecule has 1 aliphatic heterocycles. The monoisotopic (exact) mass is 271 g/mol. The second-order valence-corrected chi connectivity index (χ2v) is 7.63. The van der Waals surface area contributed by atoms with Crippen molar-refractivity contribution in [1.82, 2.24) is 4.31 Å². The van der Waals surface area contributed by atoms with Gasteiger partial charge in [0.2, 0.25) is 0 Å². The lowest BCUT2D eigenvalue weighted by Crippen LogP contribution is -2.20. The van der Waals surface area contributed by atoms with Crippen molar-refractivity contribution < 1.29 is 9.00 Å². The lowest BCUT2D eigenvalue weighted by molar-refractivity contribution is 0.0899. The van der Waals surface area contributed by atoms with Gasteiger partial charge in [-0.2, -0.15) is 0 Å². The summed E-state index contributed by atoms with van der Waals surface area (Å²) in [4.78, 5) is 15.6. The van der Waals surface area contributed by atoms with Gasteiger partial charge in [-0.3, -0.25) is 9.10 Å². The van der Waals surface area contributed by atoms with E-state index in [1.54, 1.807) is 18.4 Å². The van der Waals surface area contributed by atoms with Crippen LogP contribution in [0.5, 0.6) is 0 Å². The van der Waals surface area contributed by atoms with E-state index in [9.17, 15) is 9.00 Å². The second-order valence-electron chi connectivity index (χ2n) is 3.73. The predicted molar refractivity (Wildman–Crippen MR) is 67.7 cm³/mol. The molecule has 6 heteroatoms. The van der Waals surface area contributed by atoms with E-state index in [1.807, 2.05) is 13.8 Å². The Morgan fingerprint density at radius 1 is 1.19 bits per heavy atom. The van der Waals surface area contributed by atoms with Gasteiger partial charge in [-0.1, -0.05) is 0 Å². The predicted octanol–water partition coefficient (Wildman–Crippen LogP) is 2.69. The quantitative estimate of drug-likeness (QED) is 0.739. The smallest absolute Gasteiger partial charge is 0.267 e. The van der Waals surface area contributed by atoms with E-state index in [4.69, 9.17) is 0 Å². The summed E-state index contributed by atoms with van der Waals surface area (Å²) < 4.78 is 14.5. The molecule has 0 aliphatic carbocycles. The number of carbonyl (C=O) groups excluding carboxylic acids is 1. The van der Waals surface area contributed by atoms with Crippen molar-refractivity contribution in [2.75, 3.05) is 7.05 Å². The highest BCUT2D eigenvalue weighted by molar-refractivity contribution is 7.84. The fraction of sp³-hybridized carbons (Fsp3) is 0.300. The average Bonchev–Trinajstić information content (AvgIpc) is 2.80. The molecule has 1 unspecified atom stereocenters. The average molecular weight is 271 g/mol. The van der Waals surface area contributed by atoms with Crippen molar-refractivity contribution in [2.45, 2.75) is 18.7 Å². The highest BCUT2D eigenvalue weighted by Gasteiger charge is 2.37. The van der Waals surface area contributed by atoms with Gasteiger partial charge in [-0.15, -0.1) is 22.7 Å². The summed E-state index contributed by atoms with van der Waals surface area (Å²) in [7, 11) is 0.277. The van der Waals surface area contributed by atoms with Crippen LogP contribution in [-0.2, 0) is 11.0 Å². The molecule has 3 rings (SSSR count). The minimum atomic E-state index is -1.31. The molecule has 1 amide bonds. The summed E-state index contributed by atoms with van der Waals surface area (Å²) >= 11 is 3.18. The summed E-state index contributed by atoms with van der Waals surface area (Å²) in [6.07, 6.45) is 0. The van der Waals surface area contributed by atoms with Crippen molar-refractivity contribution in [2.24, 2.45) is 0 Å². The van der Waals surface area contributed by atoms with Gasteiger partial charge in [0.05, 0.1) is 9.60 Å². The summed E-state index contributed by atoms with van der Waals surface area (Å²) in [5, 5.41) is 1.04. The Bertz CT molecular complexity index is 653. The van der Waals surface area contributed by atoms with E-state index in [0.29, 0.717) is 4.88 Å². The Morgan fingerprint density at radius 2 is 1.88 bits per heavy atom. The number of amides is 1. The molecule has 0 radical (unpaired) electrons. The van der Waals surface area contributed by atoms with Gasteiger partial charge < -0.3 is 0 Å². The topological polar surface area (TPSA) is 37.4 Å². The van der Waals surface area contributed by atoms with Crippen LogP contribution < -0.4 is 0 Å². The van der Waals surface area contributed by atoms with Crippen LogP contribution in [0, 0.1) is 13.8 Å². The summed E-state index contributed by atoms with van der Waals surface area (Å²) in [6.45, 7) is 4.07. The normalized spacial score (nSPS) is 19.8. The van der Waals surface area contributed by atoms with Crippen LogP contribution in [0.3, 0.4) is 0 Å². The summed E-state index contributed by atoms with van der Waals surface area (Å²) in [5.74, 6) is -0.113. The fourth-order valence-corrected chi connectivity index (χ4v) is 6.09. The molecule has 0 fully saturated rings. The first-order chi connectivity index (χ1) is 7.52. The Kier molecular flexibility index (Phi) is 2.05. The molecular weight excluding hydrogens is 262 g/mol. The van der Waals surface area contributed by atoms with E-state index in [2.05, 4.69) is 0 Å². The molecule has 0 saturated carbocycles. The summed E-state index contributed by atoms with van der Waals surface area (Å²) in [5.41, 5.74) is 0. The molecule has 0 spiro atoms. The van der Waals surface area contributed by atoms with Crippen molar-refractivity contribution in [3.8, 4) is 0 Å². The number of hydrogen-bond acceptors (Lipinski definition) is 4. The lowest BCUT2D eigenvalue weighted by Gasteiger charge is -2.04. The van der Waals surface area contributed by atoms with E-state index >= 15 is 0 Å². The van der Waals surface area contributed by atoms with Crippen LogP contribution >= 0.6 is 22.7 Å². The maximum atomic E-state index is 12.1. The van der Waals surface area contributed by atoms with Crippen molar-refractivity contribution >= 4 is 49.7 Å². The first kappa shape index (κ1) is 10.4. The molecule has 16 heavy (non-hydrogen) atoms. The number of carbonyl (C=O) groups is 1. The molecule has 0 bridgehead atoms. The second kappa shape index (κ2) is 3.15. The zero-order valence-electron chi connectivity index (χ0n) is 8.99. The number of nitrogens with zero attached hydrogens (tertiary/aromatic N) is 1. The zero-order chi connectivity index (χ0) is 11.6. The third-order valence-electron chi connectivity index (χ3n) is 2.75. The van der Waals surface area contributed by atoms with Crippen molar-refractivity contribution in [3.63, 3.8) is 0 Å². The first-order valence-electron chi connectivity index (χ1n) is 4.74. The molecule has 3 nitrogen and oxygen atoms in total. The number of aryl methyl sites for hydroxylation is 2. The van der Waals surface area contributed by atoms with Gasteiger partial charge in [-0.25, -0.2) is 4.21 Å². The number of fused-ring (bicyclic) bond motifs is 3. The Hall–Kier alpha value is -0.720. The first-order valence-corrected chi connectivity index (χ1v) is 7.48. The van der Waals surface area contributed by atoms with Crippen LogP contribution in [0.25, 0.3) is 10.1 Å². The van der Waals surface area contributed by atoms with Gasteiger partial charge >= 0.3 is 0 Å². The van der Waals surface area contributed by atoms with Crippen molar-refractivity contribution in [1.29, 1.82) is 0 Å². The van der Waals surface area contributed by atoms with Crippen LogP contribution in [0.4, 0.5) is 0 Å². The molecule has 2 aromatic heterocycles. The largest absolute Gasteiger partial charge is 0.276 e. The lowest BCUT2D eigenvalue weighted by atomic mass is 10.3. The molecule has 1 atom stereocenters. The Labute approximate surface area is 103 Å². The maximum absolute atomic E-state index is 12.1. The molecule has 0 saturated heterocycles. The van der Waals surface area contributed by atoms with E-state index in [-0.39, 0.29) is 5.91 Å². The molecule has 3 heterocycles. The minimum Gasteiger partial charge on any atom is -0.267 e. The Morgan fingerprint density at radius 3 is 2.56 bits per heavy atom. The molecular formula is C10H9NO2S3.